The Labute approximate surface area is 114 Å². The van der Waals surface area contributed by atoms with Crippen LogP contribution in [-0.2, 0) is 14.8 Å². The molecule has 1 amide bonds. The second kappa shape index (κ2) is 6.67. The lowest BCUT2D eigenvalue weighted by Gasteiger charge is -2.07. The van der Waals surface area contributed by atoms with E-state index in [1.807, 2.05) is 0 Å². The van der Waals surface area contributed by atoms with Gasteiger partial charge in [-0.1, -0.05) is 40.7 Å². The summed E-state index contributed by atoms with van der Waals surface area (Å²) in [6.45, 7) is 3.49. The van der Waals surface area contributed by atoms with Crippen LogP contribution in [0.3, 0.4) is 0 Å². The van der Waals surface area contributed by atoms with E-state index in [2.05, 4.69) is 32.5 Å². The standard InChI is InChI=1S/C11H13BrN2O3S/c1-9(12)7-13-11(15)8-14-18(16,17)10-5-3-2-4-6-10/h2-6,14H,1,7-8H2,(H,13,15). The molecule has 0 heterocycles. The van der Waals surface area contributed by atoms with Gasteiger partial charge in [0.05, 0.1) is 11.4 Å². The maximum atomic E-state index is 11.8. The fourth-order valence-electron chi connectivity index (χ4n) is 1.10. The van der Waals surface area contributed by atoms with Crippen LogP contribution in [0.4, 0.5) is 0 Å². The average molecular weight is 333 g/mol. The number of hydrogen-bond donors (Lipinski definition) is 2. The van der Waals surface area contributed by atoms with Gasteiger partial charge in [0.25, 0.3) is 0 Å². The SMILES string of the molecule is C=C(Br)CNC(=O)CNS(=O)(=O)c1ccccc1. The van der Waals surface area contributed by atoms with Crippen LogP contribution in [0.15, 0.2) is 46.3 Å². The number of rotatable bonds is 6. The smallest absolute Gasteiger partial charge is 0.241 e. The van der Waals surface area contributed by atoms with E-state index in [-0.39, 0.29) is 18.0 Å². The molecule has 0 spiro atoms. The van der Waals surface area contributed by atoms with Crippen molar-refractivity contribution >= 4 is 31.9 Å². The normalized spacial score (nSPS) is 10.9. The van der Waals surface area contributed by atoms with Crippen LogP contribution in [0.5, 0.6) is 0 Å². The Kier molecular flexibility index (Phi) is 5.52. The summed E-state index contributed by atoms with van der Waals surface area (Å²) in [7, 11) is -3.64. The van der Waals surface area contributed by atoms with Gasteiger partial charge in [0.1, 0.15) is 0 Å². The molecular weight excluding hydrogens is 320 g/mol. The maximum Gasteiger partial charge on any atom is 0.241 e. The molecule has 98 valence electrons. The van der Waals surface area contributed by atoms with Crippen molar-refractivity contribution in [2.24, 2.45) is 0 Å². The van der Waals surface area contributed by atoms with Crippen LogP contribution < -0.4 is 10.0 Å². The zero-order chi connectivity index (χ0) is 13.6. The highest BCUT2D eigenvalue weighted by molar-refractivity contribution is 9.11. The van der Waals surface area contributed by atoms with Gasteiger partial charge in [0.15, 0.2) is 0 Å². The van der Waals surface area contributed by atoms with Gasteiger partial charge in [-0.3, -0.25) is 4.79 Å². The molecule has 0 aliphatic carbocycles. The largest absolute Gasteiger partial charge is 0.350 e. The number of benzene rings is 1. The molecule has 0 unspecified atom stereocenters. The third-order valence-electron chi connectivity index (χ3n) is 1.95. The predicted molar refractivity (Wildman–Crippen MR) is 72.7 cm³/mol. The molecule has 0 radical (unpaired) electrons. The second-order valence-electron chi connectivity index (χ2n) is 3.43. The molecule has 0 atom stereocenters. The monoisotopic (exact) mass is 332 g/mol. The summed E-state index contributed by atoms with van der Waals surface area (Å²) < 4.78 is 26.3. The number of nitrogens with one attached hydrogen (secondary N) is 2. The lowest BCUT2D eigenvalue weighted by atomic mass is 10.4. The summed E-state index contributed by atoms with van der Waals surface area (Å²) in [6, 6.07) is 7.86. The third-order valence-corrected chi connectivity index (χ3v) is 3.65. The molecule has 18 heavy (non-hydrogen) atoms. The van der Waals surface area contributed by atoms with E-state index in [9.17, 15) is 13.2 Å². The van der Waals surface area contributed by atoms with Gasteiger partial charge in [-0.15, -0.1) is 0 Å². The first kappa shape index (κ1) is 14.9. The molecule has 0 saturated heterocycles. The maximum absolute atomic E-state index is 11.8. The van der Waals surface area contributed by atoms with E-state index in [1.54, 1.807) is 18.2 Å². The average Bonchev–Trinajstić information content (AvgIpc) is 2.35. The van der Waals surface area contributed by atoms with Crippen molar-refractivity contribution < 1.29 is 13.2 Å². The number of amides is 1. The Morgan fingerprint density at radius 1 is 1.22 bits per heavy atom. The van der Waals surface area contributed by atoms with Gasteiger partial charge in [-0.25, -0.2) is 13.1 Å². The highest BCUT2D eigenvalue weighted by atomic mass is 79.9. The number of carbonyl (C=O) groups excluding carboxylic acids is 1. The highest BCUT2D eigenvalue weighted by Crippen LogP contribution is 2.06. The summed E-state index contributed by atoms with van der Waals surface area (Å²) in [4.78, 5) is 11.5. The fraction of sp³-hybridized carbons (Fsp3) is 0.182. The summed E-state index contributed by atoms with van der Waals surface area (Å²) in [5.74, 6) is -0.421. The number of halogens is 1. The number of hydrogen-bond acceptors (Lipinski definition) is 3. The minimum atomic E-state index is -3.64. The van der Waals surface area contributed by atoms with Gasteiger partial charge < -0.3 is 5.32 Å². The molecule has 0 saturated carbocycles. The van der Waals surface area contributed by atoms with Gasteiger partial charge in [0.2, 0.25) is 15.9 Å². The lowest BCUT2D eigenvalue weighted by molar-refractivity contribution is -0.119. The molecule has 0 aromatic heterocycles. The summed E-state index contributed by atoms with van der Waals surface area (Å²) in [5.41, 5.74) is 0. The minimum Gasteiger partial charge on any atom is -0.350 e. The zero-order valence-electron chi connectivity index (χ0n) is 9.52. The minimum absolute atomic E-state index is 0.128. The Hall–Kier alpha value is -1.18. The van der Waals surface area contributed by atoms with E-state index in [4.69, 9.17) is 0 Å². The van der Waals surface area contributed by atoms with Crippen molar-refractivity contribution in [1.29, 1.82) is 0 Å². The van der Waals surface area contributed by atoms with E-state index in [0.717, 1.165) is 0 Å². The van der Waals surface area contributed by atoms with Crippen LogP contribution in [0.1, 0.15) is 0 Å². The summed E-state index contributed by atoms with van der Waals surface area (Å²) in [6.07, 6.45) is 0. The molecule has 5 nitrogen and oxygen atoms in total. The first-order valence-electron chi connectivity index (χ1n) is 5.06. The Balaban J connectivity index is 2.53. The zero-order valence-corrected chi connectivity index (χ0v) is 11.9. The number of sulfonamides is 1. The van der Waals surface area contributed by atoms with E-state index >= 15 is 0 Å². The van der Waals surface area contributed by atoms with Crippen molar-refractivity contribution in [3.05, 3.63) is 41.4 Å². The quantitative estimate of drug-likeness (QED) is 0.815. The Bertz CT molecular complexity index is 528. The molecule has 0 aliphatic heterocycles. The Morgan fingerprint density at radius 2 is 1.83 bits per heavy atom. The van der Waals surface area contributed by atoms with E-state index in [0.29, 0.717) is 4.48 Å². The van der Waals surface area contributed by atoms with Crippen molar-refractivity contribution in [3.63, 3.8) is 0 Å². The van der Waals surface area contributed by atoms with Crippen LogP contribution in [0.25, 0.3) is 0 Å². The van der Waals surface area contributed by atoms with Crippen LogP contribution in [-0.4, -0.2) is 27.4 Å². The summed E-state index contributed by atoms with van der Waals surface area (Å²) in [5, 5.41) is 2.49. The third kappa shape index (κ3) is 4.99. The molecule has 0 fully saturated rings. The van der Waals surface area contributed by atoms with Crippen molar-refractivity contribution in [1.82, 2.24) is 10.0 Å². The summed E-state index contributed by atoms with van der Waals surface area (Å²) >= 11 is 3.08. The second-order valence-corrected chi connectivity index (χ2v) is 6.32. The highest BCUT2D eigenvalue weighted by Gasteiger charge is 2.14. The van der Waals surface area contributed by atoms with E-state index < -0.39 is 15.9 Å². The topological polar surface area (TPSA) is 75.3 Å². The van der Waals surface area contributed by atoms with E-state index in [1.165, 1.54) is 12.1 Å². The molecule has 7 heteroatoms. The van der Waals surface area contributed by atoms with Gasteiger partial charge in [0, 0.05) is 11.0 Å². The van der Waals surface area contributed by atoms with Crippen molar-refractivity contribution in [3.8, 4) is 0 Å². The fourth-order valence-corrected chi connectivity index (χ4v) is 2.24. The first-order valence-corrected chi connectivity index (χ1v) is 7.34. The van der Waals surface area contributed by atoms with Crippen LogP contribution >= 0.6 is 15.9 Å². The van der Waals surface area contributed by atoms with Crippen LogP contribution in [0, 0.1) is 0 Å². The predicted octanol–water partition coefficient (Wildman–Crippen LogP) is 0.990. The van der Waals surface area contributed by atoms with Gasteiger partial charge in [-0.2, -0.15) is 0 Å². The van der Waals surface area contributed by atoms with Crippen LogP contribution in [0.2, 0.25) is 0 Å². The molecular formula is C11H13BrN2O3S. The molecule has 0 bridgehead atoms. The molecule has 1 rings (SSSR count). The lowest BCUT2D eigenvalue weighted by Crippen LogP contribution is -2.37. The molecule has 0 aliphatic rings. The van der Waals surface area contributed by atoms with Crippen molar-refractivity contribution in [2.45, 2.75) is 4.90 Å². The molecule has 2 N–H and O–H groups in total. The van der Waals surface area contributed by atoms with Gasteiger partial charge in [-0.05, 0) is 12.1 Å². The van der Waals surface area contributed by atoms with Gasteiger partial charge >= 0.3 is 0 Å². The molecule has 1 aromatic rings. The van der Waals surface area contributed by atoms with Crippen molar-refractivity contribution in [2.75, 3.05) is 13.1 Å². The number of carbonyl (C=O) groups is 1. The molecule has 1 aromatic carbocycles. The first-order chi connectivity index (χ1) is 8.42. The Morgan fingerprint density at radius 3 is 2.39 bits per heavy atom.